The molecule has 0 N–H and O–H groups in total. The highest BCUT2D eigenvalue weighted by Crippen LogP contribution is 2.33. The van der Waals surface area contributed by atoms with Gasteiger partial charge in [0.1, 0.15) is 5.52 Å². The SMILES string of the molecule is C1=Cc2oc(-c3cccc(-c4cccc(-c5cccc(-c6nc7ccccc7o6)c5)c4)c3)nc2CC1. The highest BCUT2D eigenvalue weighted by molar-refractivity contribution is 5.79. The molecule has 0 radical (unpaired) electrons. The number of hydrogen-bond acceptors (Lipinski definition) is 4. The van der Waals surface area contributed by atoms with Crippen LogP contribution in [0.5, 0.6) is 0 Å². The Morgan fingerprint density at radius 2 is 1.14 bits per heavy atom. The van der Waals surface area contributed by atoms with E-state index in [0.29, 0.717) is 11.8 Å². The van der Waals surface area contributed by atoms with E-state index >= 15 is 0 Å². The predicted octanol–water partition coefficient (Wildman–Crippen LogP) is 8.44. The summed E-state index contributed by atoms with van der Waals surface area (Å²) in [6.45, 7) is 0. The van der Waals surface area contributed by atoms with Gasteiger partial charge in [0, 0.05) is 11.1 Å². The second-order valence-corrected chi connectivity index (χ2v) is 9.00. The molecule has 4 nitrogen and oxygen atoms in total. The fraction of sp³-hybridized carbons (Fsp3) is 0.0625. The number of rotatable bonds is 4. The summed E-state index contributed by atoms with van der Waals surface area (Å²) >= 11 is 0. The molecule has 0 aliphatic heterocycles. The molecule has 4 aromatic carbocycles. The molecule has 0 unspecified atom stereocenters. The van der Waals surface area contributed by atoms with Gasteiger partial charge in [0.15, 0.2) is 11.3 Å². The third-order valence-electron chi connectivity index (χ3n) is 6.59. The molecule has 36 heavy (non-hydrogen) atoms. The van der Waals surface area contributed by atoms with Crippen LogP contribution < -0.4 is 0 Å². The van der Waals surface area contributed by atoms with Gasteiger partial charge in [0.25, 0.3) is 0 Å². The van der Waals surface area contributed by atoms with E-state index in [2.05, 4.69) is 71.7 Å². The summed E-state index contributed by atoms with van der Waals surface area (Å²) < 4.78 is 12.0. The Hall–Kier alpha value is -4.70. The van der Waals surface area contributed by atoms with Crippen molar-refractivity contribution in [3.8, 4) is 45.2 Å². The molecule has 4 heteroatoms. The van der Waals surface area contributed by atoms with E-state index in [-0.39, 0.29) is 0 Å². The smallest absolute Gasteiger partial charge is 0.227 e. The molecule has 2 heterocycles. The highest BCUT2D eigenvalue weighted by atomic mass is 16.4. The molecule has 7 rings (SSSR count). The van der Waals surface area contributed by atoms with Crippen LogP contribution in [-0.4, -0.2) is 9.97 Å². The minimum Gasteiger partial charge on any atom is -0.436 e. The standard InChI is InChI=1S/C32H22N2O2/c1-3-16-29-27(14-1)33-31(35-29)25-12-6-10-23(19-25)21-8-5-9-22(18-21)24-11-7-13-26(20-24)32-34-28-15-2-4-17-30(28)36-32/h1,3-14,16-20H,2,15H2. The van der Waals surface area contributed by atoms with Crippen molar-refractivity contribution in [3.63, 3.8) is 0 Å². The topological polar surface area (TPSA) is 52.1 Å². The molecule has 6 aromatic rings. The van der Waals surface area contributed by atoms with Crippen molar-refractivity contribution in [2.24, 2.45) is 0 Å². The number of para-hydroxylation sites is 2. The Morgan fingerprint density at radius 3 is 1.78 bits per heavy atom. The van der Waals surface area contributed by atoms with Crippen molar-refractivity contribution in [1.29, 1.82) is 0 Å². The van der Waals surface area contributed by atoms with Gasteiger partial charge in [0.2, 0.25) is 11.8 Å². The second-order valence-electron chi connectivity index (χ2n) is 9.00. The van der Waals surface area contributed by atoms with Crippen LogP contribution in [0.2, 0.25) is 0 Å². The predicted molar refractivity (Wildman–Crippen MR) is 143 cm³/mol. The van der Waals surface area contributed by atoms with Gasteiger partial charge in [-0.15, -0.1) is 0 Å². The Kier molecular flexibility index (Phi) is 4.88. The van der Waals surface area contributed by atoms with Crippen molar-refractivity contribution < 1.29 is 8.83 Å². The number of allylic oxidation sites excluding steroid dienone is 1. The van der Waals surface area contributed by atoms with E-state index in [1.165, 1.54) is 0 Å². The van der Waals surface area contributed by atoms with Gasteiger partial charge in [0.05, 0.1) is 5.69 Å². The van der Waals surface area contributed by atoms with Crippen molar-refractivity contribution in [2.45, 2.75) is 12.8 Å². The molecule has 0 atom stereocenters. The van der Waals surface area contributed by atoms with E-state index in [4.69, 9.17) is 13.8 Å². The van der Waals surface area contributed by atoms with E-state index in [1.54, 1.807) is 0 Å². The largest absolute Gasteiger partial charge is 0.436 e. The van der Waals surface area contributed by atoms with E-state index in [1.807, 2.05) is 42.5 Å². The molecule has 0 amide bonds. The highest BCUT2D eigenvalue weighted by Gasteiger charge is 2.15. The lowest BCUT2D eigenvalue weighted by molar-refractivity contribution is 0.560. The maximum absolute atomic E-state index is 6.04. The Labute approximate surface area is 208 Å². The Bertz CT molecular complexity index is 1720. The zero-order valence-corrected chi connectivity index (χ0v) is 19.5. The first-order valence-electron chi connectivity index (χ1n) is 12.1. The summed E-state index contributed by atoms with van der Waals surface area (Å²) in [7, 11) is 0. The van der Waals surface area contributed by atoms with Crippen molar-refractivity contribution in [2.75, 3.05) is 0 Å². The zero-order chi connectivity index (χ0) is 23.9. The van der Waals surface area contributed by atoms with E-state index in [9.17, 15) is 0 Å². The second kappa shape index (κ2) is 8.51. The summed E-state index contributed by atoms with van der Waals surface area (Å²) in [6.07, 6.45) is 6.11. The summed E-state index contributed by atoms with van der Waals surface area (Å²) in [5, 5.41) is 0. The summed E-state index contributed by atoms with van der Waals surface area (Å²) in [6, 6.07) is 33.1. The lowest BCUT2D eigenvalue weighted by Gasteiger charge is -2.08. The van der Waals surface area contributed by atoms with Crippen LogP contribution in [-0.2, 0) is 6.42 Å². The molecule has 1 aliphatic carbocycles. The number of nitrogens with zero attached hydrogens (tertiary/aromatic N) is 2. The van der Waals surface area contributed by atoms with Gasteiger partial charge < -0.3 is 8.83 Å². The molecule has 172 valence electrons. The molecule has 1 aliphatic rings. The number of hydrogen-bond donors (Lipinski definition) is 0. The number of aryl methyl sites for hydroxylation is 1. The van der Waals surface area contributed by atoms with Gasteiger partial charge in [-0.2, -0.15) is 0 Å². The average Bonchev–Trinajstić information content (AvgIpc) is 3.58. The maximum Gasteiger partial charge on any atom is 0.227 e. The van der Waals surface area contributed by atoms with Gasteiger partial charge in [-0.3, -0.25) is 0 Å². The third kappa shape index (κ3) is 3.73. The lowest BCUT2D eigenvalue weighted by atomic mass is 9.97. The normalized spacial score (nSPS) is 12.7. The van der Waals surface area contributed by atoms with E-state index in [0.717, 1.165) is 68.8 Å². The number of aromatic nitrogens is 2. The van der Waals surface area contributed by atoms with Crippen LogP contribution in [0.4, 0.5) is 0 Å². The molecule has 0 bridgehead atoms. The van der Waals surface area contributed by atoms with Crippen LogP contribution in [0.3, 0.4) is 0 Å². The molecule has 0 fully saturated rings. The fourth-order valence-corrected chi connectivity index (χ4v) is 4.74. The van der Waals surface area contributed by atoms with Crippen molar-refractivity contribution >= 4 is 17.2 Å². The first-order valence-corrected chi connectivity index (χ1v) is 12.1. The minimum atomic E-state index is 0.630. The maximum atomic E-state index is 6.04. The zero-order valence-electron chi connectivity index (χ0n) is 19.5. The first kappa shape index (κ1) is 20.7. The number of benzene rings is 4. The average molecular weight is 467 g/mol. The third-order valence-corrected chi connectivity index (χ3v) is 6.59. The van der Waals surface area contributed by atoms with Crippen LogP contribution >= 0.6 is 0 Å². The molecule has 2 aromatic heterocycles. The summed E-state index contributed by atoms with van der Waals surface area (Å²) in [4.78, 5) is 9.40. The monoisotopic (exact) mass is 466 g/mol. The van der Waals surface area contributed by atoms with Crippen molar-refractivity contribution in [3.05, 3.63) is 115 Å². The van der Waals surface area contributed by atoms with Gasteiger partial charge in [-0.1, -0.05) is 60.7 Å². The molecular formula is C32H22N2O2. The summed E-state index contributed by atoms with van der Waals surface area (Å²) in [5.41, 5.74) is 9.14. The minimum absolute atomic E-state index is 0.630. The first-order chi connectivity index (χ1) is 17.8. The Morgan fingerprint density at radius 1 is 0.556 bits per heavy atom. The van der Waals surface area contributed by atoms with E-state index < -0.39 is 0 Å². The van der Waals surface area contributed by atoms with Gasteiger partial charge >= 0.3 is 0 Å². The summed E-state index contributed by atoms with van der Waals surface area (Å²) in [5.74, 6) is 2.18. The molecule has 0 saturated heterocycles. The fourth-order valence-electron chi connectivity index (χ4n) is 4.74. The van der Waals surface area contributed by atoms with Gasteiger partial charge in [-0.25, -0.2) is 9.97 Å². The van der Waals surface area contributed by atoms with Crippen LogP contribution in [0.15, 0.2) is 112 Å². The molecule has 0 spiro atoms. The number of oxazole rings is 2. The van der Waals surface area contributed by atoms with Crippen LogP contribution in [0.1, 0.15) is 17.9 Å². The van der Waals surface area contributed by atoms with Crippen molar-refractivity contribution in [1.82, 2.24) is 9.97 Å². The number of fused-ring (bicyclic) bond motifs is 2. The van der Waals surface area contributed by atoms with Gasteiger partial charge in [-0.05, 0) is 83.6 Å². The van der Waals surface area contributed by atoms with Crippen LogP contribution in [0.25, 0.3) is 62.3 Å². The molecular weight excluding hydrogens is 444 g/mol. The van der Waals surface area contributed by atoms with Crippen LogP contribution in [0, 0.1) is 0 Å². The Balaban J connectivity index is 1.23. The lowest BCUT2D eigenvalue weighted by Crippen LogP contribution is -1.90. The quantitative estimate of drug-likeness (QED) is 0.261. The molecule has 0 saturated carbocycles.